The lowest BCUT2D eigenvalue weighted by molar-refractivity contribution is 0.277. The minimum Gasteiger partial charge on any atom is -0.324 e. The summed E-state index contributed by atoms with van der Waals surface area (Å²) in [5, 5.41) is 0.747. The first-order chi connectivity index (χ1) is 7.16. The predicted molar refractivity (Wildman–Crippen MR) is 68.0 cm³/mol. The van der Waals surface area contributed by atoms with Gasteiger partial charge in [-0.3, -0.25) is 0 Å². The van der Waals surface area contributed by atoms with Crippen LogP contribution in [0, 0.1) is 5.92 Å². The number of nitrogens with two attached hydrogens (primary N) is 1. The Bertz CT molecular complexity index is 349. The Hall–Kier alpha value is -0.0500. The van der Waals surface area contributed by atoms with Gasteiger partial charge in [0, 0.05) is 10.5 Å². The van der Waals surface area contributed by atoms with E-state index in [2.05, 4.69) is 22.0 Å². The molecular weight excluding hydrogens is 273 g/mol. The van der Waals surface area contributed by atoms with E-state index in [4.69, 9.17) is 17.3 Å². The molecule has 0 radical (unpaired) electrons. The molecule has 0 aliphatic heterocycles. The van der Waals surface area contributed by atoms with E-state index in [1.807, 2.05) is 12.1 Å². The van der Waals surface area contributed by atoms with Crippen molar-refractivity contribution in [3.63, 3.8) is 0 Å². The van der Waals surface area contributed by atoms with E-state index >= 15 is 0 Å². The summed E-state index contributed by atoms with van der Waals surface area (Å²) in [5.74, 6) is 0.836. The zero-order valence-electron chi connectivity index (χ0n) is 8.55. The fourth-order valence-corrected chi connectivity index (χ4v) is 2.40. The average Bonchev–Trinajstić information content (AvgIpc) is 2.15. The summed E-state index contributed by atoms with van der Waals surface area (Å²) in [6.07, 6.45) is 5.16. The largest absolute Gasteiger partial charge is 0.324 e. The van der Waals surface area contributed by atoms with E-state index in [0.29, 0.717) is 0 Å². The normalized spacial score (nSPS) is 18.6. The number of halogens is 2. The molecular formula is C12H15BrClN. The molecule has 1 nitrogen and oxygen atoms in total. The van der Waals surface area contributed by atoms with Crippen molar-refractivity contribution in [1.29, 1.82) is 0 Å². The molecule has 0 heterocycles. The van der Waals surface area contributed by atoms with Crippen LogP contribution < -0.4 is 5.73 Å². The Balaban J connectivity index is 2.03. The third-order valence-electron chi connectivity index (χ3n) is 3.18. The summed E-state index contributed by atoms with van der Waals surface area (Å²) in [6, 6.07) is 6.13. The van der Waals surface area contributed by atoms with Crippen molar-refractivity contribution in [3.05, 3.63) is 33.3 Å². The highest BCUT2D eigenvalue weighted by Gasteiger charge is 2.21. The van der Waals surface area contributed by atoms with Gasteiger partial charge in [0.15, 0.2) is 0 Å². The van der Waals surface area contributed by atoms with Gasteiger partial charge in [-0.15, -0.1) is 0 Å². The molecule has 1 unspecified atom stereocenters. The summed E-state index contributed by atoms with van der Waals surface area (Å²) in [5.41, 5.74) is 7.30. The molecule has 1 saturated carbocycles. The molecule has 1 aromatic carbocycles. The standard InChI is InChI=1S/C12H15BrClN/c13-10-5-4-9(7-11(10)14)12(15)6-8-2-1-3-8/h4-5,7-8,12H,1-3,6,15H2. The van der Waals surface area contributed by atoms with E-state index in [1.54, 1.807) is 0 Å². The maximum Gasteiger partial charge on any atom is 0.0551 e. The molecule has 0 saturated heterocycles. The summed E-state index contributed by atoms with van der Waals surface area (Å²) in [4.78, 5) is 0. The van der Waals surface area contributed by atoms with Crippen molar-refractivity contribution in [1.82, 2.24) is 0 Å². The van der Waals surface area contributed by atoms with Crippen LogP contribution in [0.5, 0.6) is 0 Å². The first kappa shape index (κ1) is 11.4. The van der Waals surface area contributed by atoms with Gasteiger partial charge >= 0.3 is 0 Å². The molecule has 2 N–H and O–H groups in total. The van der Waals surface area contributed by atoms with Gasteiger partial charge < -0.3 is 5.73 Å². The molecule has 0 bridgehead atoms. The minimum absolute atomic E-state index is 0.140. The predicted octanol–water partition coefficient (Wildman–Crippen LogP) is 4.29. The van der Waals surface area contributed by atoms with Crippen molar-refractivity contribution < 1.29 is 0 Å². The van der Waals surface area contributed by atoms with Gasteiger partial charge in [-0.25, -0.2) is 0 Å². The Morgan fingerprint density at radius 1 is 1.47 bits per heavy atom. The Morgan fingerprint density at radius 2 is 2.20 bits per heavy atom. The van der Waals surface area contributed by atoms with Crippen LogP contribution in [0.3, 0.4) is 0 Å². The maximum atomic E-state index is 6.15. The average molecular weight is 289 g/mol. The topological polar surface area (TPSA) is 26.0 Å². The third-order valence-corrected chi connectivity index (χ3v) is 4.42. The maximum absolute atomic E-state index is 6.15. The lowest BCUT2D eigenvalue weighted by Gasteiger charge is -2.28. The molecule has 3 heteroatoms. The fourth-order valence-electron chi connectivity index (χ4n) is 1.97. The number of hydrogen-bond donors (Lipinski definition) is 1. The van der Waals surface area contributed by atoms with Crippen LogP contribution in [0.1, 0.15) is 37.3 Å². The number of rotatable bonds is 3. The zero-order valence-corrected chi connectivity index (χ0v) is 10.9. The highest BCUT2D eigenvalue weighted by molar-refractivity contribution is 9.10. The molecule has 1 aromatic rings. The van der Waals surface area contributed by atoms with Crippen LogP contribution >= 0.6 is 27.5 Å². The van der Waals surface area contributed by atoms with Crippen LogP contribution in [0.2, 0.25) is 5.02 Å². The molecule has 1 atom stereocenters. The van der Waals surface area contributed by atoms with Gasteiger partial charge in [0.1, 0.15) is 0 Å². The van der Waals surface area contributed by atoms with Gasteiger partial charge in [-0.2, -0.15) is 0 Å². The highest BCUT2D eigenvalue weighted by atomic mass is 79.9. The lowest BCUT2D eigenvalue weighted by atomic mass is 9.80. The molecule has 0 spiro atoms. The SMILES string of the molecule is NC(CC1CCC1)c1ccc(Br)c(Cl)c1. The molecule has 15 heavy (non-hydrogen) atoms. The smallest absolute Gasteiger partial charge is 0.0551 e. The van der Waals surface area contributed by atoms with Crippen molar-refractivity contribution in [3.8, 4) is 0 Å². The van der Waals surface area contributed by atoms with Gasteiger partial charge in [-0.05, 0) is 46.0 Å². The summed E-state index contributed by atoms with van der Waals surface area (Å²) < 4.78 is 0.934. The summed E-state index contributed by atoms with van der Waals surface area (Å²) in [7, 11) is 0. The second-order valence-corrected chi connectivity index (χ2v) is 5.57. The van der Waals surface area contributed by atoms with Gasteiger partial charge in [-0.1, -0.05) is 36.9 Å². The lowest BCUT2D eigenvalue weighted by Crippen LogP contribution is -2.20. The molecule has 0 aromatic heterocycles. The second-order valence-electron chi connectivity index (χ2n) is 4.31. The monoisotopic (exact) mass is 287 g/mol. The fraction of sp³-hybridized carbons (Fsp3) is 0.500. The summed E-state index contributed by atoms with van der Waals surface area (Å²) >= 11 is 9.42. The highest BCUT2D eigenvalue weighted by Crippen LogP contribution is 2.35. The van der Waals surface area contributed by atoms with Crippen LogP contribution in [-0.4, -0.2) is 0 Å². The first-order valence-electron chi connectivity index (χ1n) is 5.37. The molecule has 1 aliphatic carbocycles. The van der Waals surface area contributed by atoms with Crippen LogP contribution in [-0.2, 0) is 0 Å². The van der Waals surface area contributed by atoms with Crippen molar-refractivity contribution in [2.75, 3.05) is 0 Å². The van der Waals surface area contributed by atoms with Crippen LogP contribution in [0.4, 0.5) is 0 Å². The van der Waals surface area contributed by atoms with Gasteiger partial charge in [0.2, 0.25) is 0 Å². The second kappa shape index (κ2) is 4.86. The summed E-state index contributed by atoms with van der Waals surface area (Å²) in [6.45, 7) is 0. The minimum atomic E-state index is 0.140. The molecule has 2 rings (SSSR count). The van der Waals surface area contributed by atoms with Crippen molar-refractivity contribution >= 4 is 27.5 Å². The van der Waals surface area contributed by atoms with E-state index in [-0.39, 0.29) is 6.04 Å². The first-order valence-corrected chi connectivity index (χ1v) is 6.54. The molecule has 1 aliphatic rings. The quantitative estimate of drug-likeness (QED) is 0.882. The van der Waals surface area contributed by atoms with E-state index in [9.17, 15) is 0 Å². The van der Waals surface area contributed by atoms with Crippen LogP contribution in [0.25, 0.3) is 0 Å². The van der Waals surface area contributed by atoms with Gasteiger partial charge in [0.25, 0.3) is 0 Å². The molecule has 82 valence electrons. The van der Waals surface area contributed by atoms with Gasteiger partial charge in [0.05, 0.1) is 5.02 Å². The Morgan fingerprint density at radius 3 is 2.73 bits per heavy atom. The van der Waals surface area contributed by atoms with Crippen molar-refractivity contribution in [2.45, 2.75) is 31.7 Å². The third kappa shape index (κ3) is 2.74. The van der Waals surface area contributed by atoms with Crippen molar-refractivity contribution in [2.24, 2.45) is 11.7 Å². The number of hydrogen-bond acceptors (Lipinski definition) is 1. The molecule has 0 amide bonds. The zero-order chi connectivity index (χ0) is 10.8. The van der Waals surface area contributed by atoms with Crippen LogP contribution in [0.15, 0.2) is 22.7 Å². The van der Waals surface area contributed by atoms with E-state index < -0.39 is 0 Å². The number of benzene rings is 1. The van der Waals surface area contributed by atoms with E-state index in [0.717, 1.165) is 27.4 Å². The Labute approximate surface area is 104 Å². The van der Waals surface area contributed by atoms with E-state index in [1.165, 1.54) is 19.3 Å². The Kier molecular flexibility index (Phi) is 3.70. The molecule has 1 fully saturated rings.